The number of hydrogen-bond donors (Lipinski definition) is 3. The number of anilines is 3. The molecular weight excluding hydrogens is 446 g/mol. The normalized spacial score (nSPS) is 21.7. The number of aromatic amines is 1. The minimum atomic E-state index is -0.498. The largest absolute Gasteiger partial charge is 0.497 e. The maximum atomic E-state index is 12.8. The third kappa shape index (κ3) is 4.96. The molecule has 2 fully saturated rings. The molecule has 2 aliphatic heterocycles. The Hall–Kier alpha value is -3.56. The van der Waals surface area contributed by atoms with E-state index < -0.39 is 5.60 Å². The summed E-state index contributed by atoms with van der Waals surface area (Å²) in [5.41, 5.74) is 1.23. The highest BCUT2D eigenvalue weighted by Gasteiger charge is 2.45. The Morgan fingerprint density at radius 1 is 1.14 bits per heavy atom. The molecule has 0 spiro atoms. The van der Waals surface area contributed by atoms with Crippen molar-refractivity contribution in [3.8, 4) is 5.75 Å². The van der Waals surface area contributed by atoms with Crippen LogP contribution in [0.3, 0.4) is 0 Å². The van der Waals surface area contributed by atoms with Gasteiger partial charge in [0, 0.05) is 41.3 Å². The second-order valence-corrected chi connectivity index (χ2v) is 10.4. The van der Waals surface area contributed by atoms with Gasteiger partial charge in [0.05, 0.1) is 12.6 Å². The van der Waals surface area contributed by atoms with E-state index in [9.17, 15) is 4.79 Å². The first-order valence-corrected chi connectivity index (χ1v) is 12.1. The molecule has 2 aliphatic rings. The van der Waals surface area contributed by atoms with E-state index >= 15 is 0 Å². The highest BCUT2D eigenvalue weighted by Crippen LogP contribution is 2.38. The van der Waals surface area contributed by atoms with Crippen LogP contribution in [0.5, 0.6) is 5.75 Å². The Morgan fingerprint density at radius 2 is 1.89 bits per heavy atom. The molecule has 3 N–H and O–H groups in total. The topological polar surface area (TPSA) is 117 Å². The Labute approximate surface area is 204 Å². The van der Waals surface area contributed by atoms with Crippen molar-refractivity contribution >= 4 is 34.6 Å². The fourth-order valence-corrected chi connectivity index (χ4v) is 5.09. The summed E-state index contributed by atoms with van der Waals surface area (Å²) in [4.78, 5) is 24.3. The van der Waals surface area contributed by atoms with E-state index in [1.807, 2.05) is 56.9 Å². The second-order valence-electron chi connectivity index (χ2n) is 10.4. The summed E-state index contributed by atoms with van der Waals surface area (Å²) in [6, 6.07) is 8.14. The number of rotatable bonds is 5. The highest BCUT2D eigenvalue weighted by molar-refractivity contribution is 5.92. The van der Waals surface area contributed by atoms with Gasteiger partial charge in [-0.05, 0) is 65.5 Å². The molecule has 2 saturated heterocycles. The van der Waals surface area contributed by atoms with Gasteiger partial charge in [0.1, 0.15) is 17.2 Å². The van der Waals surface area contributed by atoms with Crippen molar-refractivity contribution in [2.45, 2.75) is 77.1 Å². The van der Waals surface area contributed by atoms with Crippen molar-refractivity contribution in [3.05, 3.63) is 30.0 Å². The van der Waals surface area contributed by atoms with Gasteiger partial charge >= 0.3 is 6.09 Å². The average Bonchev–Trinajstić information content (AvgIpc) is 3.32. The van der Waals surface area contributed by atoms with Gasteiger partial charge in [-0.25, -0.2) is 9.78 Å². The van der Waals surface area contributed by atoms with Crippen LogP contribution in [0.4, 0.5) is 22.4 Å². The maximum absolute atomic E-state index is 12.8. The third-order valence-corrected chi connectivity index (χ3v) is 6.53. The number of methoxy groups -OCH3 is 1. The van der Waals surface area contributed by atoms with Crippen LogP contribution in [0.1, 0.15) is 52.1 Å². The Kier molecular flexibility index (Phi) is 5.90. The van der Waals surface area contributed by atoms with Gasteiger partial charge in [0.25, 0.3) is 0 Å². The van der Waals surface area contributed by atoms with Crippen LogP contribution < -0.4 is 15.4 Å². The molecule has 10 nitrogen and oxygen atoms in total. The standard InChI is InChI=1S/C25H33N7O3/c1-14-10-21(31-30-14)28-22-19-9-8-18(34-5)13-20(19)27-23(29-22)26-15-11-16-6-7-17(12-15)32(16)24(33)35-25(2,3)4/h8-10,13,15-17H,6-7,11-12H2,1-5H3,(H3,26,27,28,29,30,31)/t15-,16-,17+. The maximum Gasteiger partial charge on any atom is 0.410 e. The van der Waals surface area contributed by atoms with Crippen LogP contribution >= 0.6 is 0 Å². The Bertz CT molecular complexity index is 1220. The van der Waals surface area contributed by atoms with Crippen LogP contribution in [0.15, 0.2) is 24.3 Å². The lowest BCUT2D eigenvalue weighted by Crippen LogP contribution is -2.51. The fraction of sp³-hybridized carbons (Fsp3) is 0.520. The number of nitrogens with zero attached hydrogens (tertiary/aromatic N) is 4. The van der Waals surface area contributed by atoms with E-state index in [1.54, 1.807) is 7.11 Å². The van der Waals surface area contributed by atoms with Gasteiger partial charge in [-0.15, -0.1) is 0 Å². The van der Waals surface area contributed by atoms with Crippen molar-refractivity contribution < 1.29 is 14.3 Å². The number of aryl methyl sites for hydroxylation is 1. The number of hydrogen-bond acceptors (Lipinski definition) is 8. The van der Waals surface area contributed by atoms with Gasteiger partial charge in [-0.1, -0.05) is 0 Å². The molecule has 186 valence electrons. The van der Waals surface area contributed by atoms with Crippen molar-refractivity contribution in [3.63, 3.8) is 0 Å². The number of ether oxygens (including phenoxy) is 2. The predicted molar refractivity (Wildman–Crippen MR) is 134 cm³/mol. The number of fused-ring (bicyclic) bond motifs is 3. The summed E-state index contributed by atoms with van der Waals surface area (Å²) in [7, 11) is 1.64. The van der Waals surface area contributed by atoms with Gasteiger partial charge < -0.3 is 25.0 Å². The quantitative estimate of drug-likeness (QED) is 0.480. The predicted octanol–water partition coefficient (Wildman–Crippen LogP) is 4.76. The molecule has 5 rings (SSSR count). The first-order chi connectivity index (χ1) is 16.7. The van der Waals surface area contributed by atoms with Crippen molar-refractivity contribution in [2.75, 3.05) is 17.7 Å². The summed E-state index contributed by atoms with van der Waals surface area (Å²) in [6.45, 7) is 7.67. The van der Waals surface area contributed by atoms with Gasteiger partial charge in [0.15, 0.2) is 5.82 Å². The fourth-order valence-electron chi connectivity index (χ4n) is 5.09. The summed E-state index contributed by atoms with van der Waals surface area (Å²) >= 11 is 0. The van der Waals surface area contributed by atoms with Crippen LogP contribution in [-0.4, -0.2) is 62.0 Å². The lowest BCUT2D eigenvalue weighted by Gasteiger charge is -2.39. The van der Waals surface area contributed by atoms with Crippen LogP contribution in [0.25, 0.3) is 10.9 Å². The first-order valence-electron chi connectivity index (χ1n) is 12.1. The molecule has 3 atom stereocenters. The van der Waals surface area contributed by atoms with Gasteiger partial charge in [-0.3, -0.25) is 5.10 Å². The third-order valence-electron chi connectivity index (χ3n) is 6.53. The number of piperidine rings is 1. The van der Waals surface area contributed by atoms with Crippen molar-refractivity contribution in [2.24, 2.45) is 0 Å². The smallest absolute Gasteiger partial charge is 0.410 e. The minimum absolute atomic E-state index is 0.159. The molecule has 10 heteroatoms. The molecule has 1 amide bonds. The van der Waals surface area contributed by atoms with Gasteiger partial charge in [-0.2, -0.15) is 10.1 Å². The van der Waals surface area contributed by atoms with Crippen molar-refractivity contribution in [1.29, 1.82) is 0 Å². The SMILES string of the molecule is COc1ccc2c(Nc3cc(C)[nH]n3)nc(N[C@@H]3C[C@H]4CC[C@@H](C3)N4C(=O)OC(C)(C)C)nc2c1. The van der Waals surface area contributed by atoms with Crippen LogP contribution in [0.2, 0.25) is 0 Å². The number of benzene rings is 1. The highest BCUT2D eigenvalue weighted by atomic mass is 16.6. The zero-order valence-corrected chi connectivity index (χ0v) is 20.9. The van der Waals surface area contributed by atoms with Crippen LogP contribution in [0, 0.1) is 6.92 Å². The zero-order valence-electron chi connectivity index (χ0n) is 20.9. The number of amides is 1. The average molecular weight is 480 g/mol. The summed E-state index contributed by atoms with van der Waals surface area (Å²) < 4.78 is 11.1. The second kappa shape index (κ2) is 8.90. The lowest BCUT2D eigenvalue weighted by atomic mass is 9.98. The molecule has 0 saturated carbocycles. The zero-order chi connectivity index (χ0) is 24.7. The number of carbonyl (C=O) groups excluding carboxylic acids is 1. The Morgan fingerprint density at radius 3 is 2.51 bits per heavy atom. The molecular formula is C25H33N7O3. The number of aromatic nitrogens is 4. The van der Waals surface area contributed by atoms with E-state index in [4.69, 9.17) is 19.4 Å². The molecule has 0 aliphatic carbocycles. The summed E-state index contributed by atoms with van der Waals surface area (Å²) in [6.07, 6.45) is 3.43. The molecule has 3 aromatic rings. The molecule has 4 heterocycles. The van der Waals surface area contributed by atoms with E-state index in [-0.39, 0.29) is 24.2 Å². The van der Waals surface area contributed by atoms with E-state index in [0.717, 1.165) is 48.0 Å². The van der Waals surface area contributed by atoms with Crippen LogP contribution in [-0.2, 0) is 4.74 Å². The first kappa shape index (κ1) is 23.2. The van der Waals surface area contributed by atoms with E-state index in [1.165, 1.54) is 0 Å². The number of carbonyl (C=O) groups is 1. The van der Waals surface area contributed by atoms with E-state index in [0.29, 0.717) is 17.6 Å². The van der Waals surface area contributed by atoms with E-state index in [2.05, 4.69) is 20.8 Å². The summed E-state index contributed by atoms with van der Waals surface area (Å²) in [5.74, 6) is 2.62. The number of nitrogens with one attached hydrogen (secondary N) is 3. The summed E-state index contributed by atoms with van der Waals surface area (Å²) in [5, 5.41) is 15.0. The molecule has 0 unspecified atom stereocenters. The molecule has 2 bridgehead atoms. The monoisotopic (exact) mass is 479 g/mol. The number of H-pyrrole nitrogens is 1. The Balaban J connectivity index is 1.38. The lowest BCUT2D eigenvalue weighted by molar-refractivity contribution is 0.00682. The molecule has 0 radical (unpaired) electrons. The molecule has 2 aromatic heterocycles. The molecule has 35 heavy (non-hydrogen) atoms. The minimum Gasteiger partial charge on any atom is -0.497 e. The molecule has 1 aromatic carbocycles. The van der Waals surface area contributed by atoms with Gasteiger partial charge in [0.2, 0.25) is 5.95 Å². The van der Waals surface area contributed by atoms with Crippen molar-refractivity contribution in [1.82, 2.24) is 25.1 Å².